The molecule has 2 aromatic rings. The predicted molar refractivity (Wildman–Crippen MR) is 90.7 cm³/mol. The smallest absolute Gasteiger partial charge is 0.265 e. The SMILES string of the molecule is Cc1cc(C)n(C(=O)[C@H]2CCCN2S(=O)(=O)c2ccc(Cl)cc2)n1. The van der Waals surface area contributed by atoms with E-state index in [-0.39, 0.29) is 10.8 Å². The predicted octanol–water partition coefficient (Wildman–Crippen LogP) is 2.65. The summed E-state index contributed by atoms with van der Waals surface area (Å²) in [5.41, 5.74) is 1.43. The van der Waals surface area contributed by atoms with Crippen molar-refractivity contribution in [3.05, 3.63) is 46.7 Å². The maximum Gasteiger partial charge on any atom is 0.265 e. The van der Waals surface area contributed by atoms with Gasteiger partial charge in [0.15, 0.2) is 0 Å². The number of carbonyl (C=O) groups excluding carboxylic acids is 1. The van der Waals surface area contributed by atoms with Crippen LogP contribution >= 0.6 is 11.6 Å². The van der Waals surface area contributed by atoms with E-state index < -0.39 is 16.1 Å². The second-order valence-corrected chi connectivity index (χ2v) is 8.23. The lowest BCUT2D eigenvalue weighted by Gasteiger charge is -2.23. The first kappa shape index (κ1) is 17.1. The number of sulfonamides is 1. The summed E-state index contributed by atoms with van der Waals surface area (Å²) >= 11 is 5.83. The minimum atomic E-state index is -3.75. The summed E-state index contributed by atoms with van der Waals surface area (Å²) in [6.07, 6.45) is 1.13. The molecule has 0 bridgehead atoms. The Hall–Kier alpha value is -1.70. The van der Waals surface area contributed by atoms with Gasteiger partial charge >= 0.3 is 0 Å². The molecule has 0 unspecified atom stereocenters. The Bertz CT molecular complexity index is 874. The molecule has 3 rings (SSSR count). The van der Waals surface area contributed by atoms with Gasteiger partial charge in [0, 0.05) is 17.3 Å². The van der Waals surface area contributed by atoms with Gasteiger partial charge in [-0.15, -0.1) is 0 Å². The van der Waals surface area contributed by atoms with Gasteiger partial charge in [-0.1, -0.05) is 11.6 Å². The Morgan fingerprint density at radius 3 is 2.50 bits per heavy atom. The van der Waals surface area contributed by atoms with Crippen molar-refractivity contribution in [1.29, 1.82) is 0 Å². The van der Waals surface area contributed by atoms with Gasteiger partial charge in [0.1, 0.15) is 6.04 Å². The lowest BCUT2D eigenvalue weighted by molar-refractivity contribution is 0.0813. The molecule has 0 radical (unpaired) electrons. The molecule has 1 aromatic heterocycles. The van der Waals surface area contributed by atoms with Crippen LogP contribution in [0.4, 0.5) is 0 Å². The minimum absolute atomic E-state index is 0.139. The lowest BCUT2D eigenvalue weighted by Crippen LogP contribution is -2.43. The summed E-state index contributed by atoms with van der Waals surface area (Å²) in [6, 6.07) is 7.04. The topological polar surface area (TPSA) is 72.3 Å². The van der Waals surface area contributed by atoms with Crippen molar-refractivity contribution in [2.24, 2.45) is 0 Å². The summed E-state index contributed by atoms with van der Waals surface area (Å²) < 4.78 is 28.3. The van der Waals surface area contributed by atoms with Gasteiger partial charge in [-0.3, -0.25) is 4.79 Å². The van der Waals surface area contributed by atoms with Crippen molar-refractivity contribution in [3.8, 4) is 0 Å². The van der Waals surface area contributed by atoms with Gasteiger partial charge in [0.05, 0.1) is 10.6 Å². The fraction of sp³-hybridized carbons (Fsp3) is 0.375. The highest BCUT2D eigenvalue weighted by Crippen LogP contribution is 2.28. The van der Waals surface area contributed by atoms with Crippen molar-refractivity contribution in [2.75, 3.05) is 6.54 Å². The number of benzene rings is 1. The molecule has 1 atom stereocenters. The Kier molecular flexibility index (Phi) is 4.50. The highest BCUT2D eigenvalue weighted by Gasteiger charge is 2.40. The zero-order chi connectivity index (χ0) is 17.5. The van der Waals surface area contributed by atoms with Crippen LogP contribution in [0.3, 0.4) is 0 Å². The standard InChI is InChI=1S/C16H18ClN3O3S/c1-11-10-12(2)20(18-11)16(21)15-4-3-9-19(15)24(22,23)14-7-5-13(17)6-8-14/h5-8,10,15H,3-4,9H2,1-2H3/t15-/m1/s1. The van der Waals surface area contributed by atoms with Gasteiger partial charge in [-0.25, -0.2) is 13.1 Å². The monoisotopic (exact) mass is 367 g/mol. The number of nitrogens with zero attached hydrogens (tertiary/aromatic N) is 3. The third kappa shape index (κ3) is 2.99. The summed E-state index contributed by atoms with van der Waals surface area (Å²) in [7, 11) is -3.75. The largest absolute Gasteiger partial charge is 0.271 e. The molecule has 24 heavy (non-hydrogen) atoms. The average Bonchev–Trinajstić information content (AvgIpc) is 3.14. The van der Waals surface area contributed by atoms with E-state index in [4.69, 9.17) is 11.6 Å². The van der Waals surface area contributed by atoms with E-state index in [0.717, 1.165) is 5.69 Å². The second kappa shape index (κ2) is 6.31. The maximum absolute atomic E-state index is 12.9. The number of halogens is 1. The van der Waals surface area contributed by atoms with Gasteiger partial charge in [-0.05, 0) is 57.0 Å². The third-order valence-corrected chi connectivity index (χ3v) is 6.30. The van der Waals surface area contributed by atoms with Crippen molar-refractivity contribution >= 4 is 27.5 Å². The van der Waals surface area contributed by atoms with E-state index in [1.807, 2.05) is 0 Å². The molecule has 1 aromatic carbocycles. The van der Waals surface area contributed by atoms with Crippen LogP contribution in [0.1, 0.15) is 29.0 Å². The molecule has 8 heteroatoms. The van der Waals surface area contributed by atoms with Gasteiger partial charge in [-0.2, -0.15) is 9.40 Å². The van der Waals surface area contributed by atoms with Crippen LogP contribution < -0.4 is 0 Å². The van der Waals surface area contributed by atoms with Crippen LogP contribution in [-0.2, 0) is 10.0 Å². The van der Waals surface area contributed by atoms with E-state index in [1.165, 1.54) is 33.3 Å². The van der Waals surface area contributed by atoms with Gasteiger partial charge in [0.2, 0.25) is 10.0 Å². The summed E-state index contributed by atoms with van der Waals surface area (Å²) in [5.74, 6) is -0.310. The summed E-state index contributed by atoms with van der Waals surface area (Å²) in [5, 5.41) is 4.65. The molecular weight excluding hydrogens is 350 g/mol. The van der Waals surface area contributed by atoms with Crippen molar-refractivity contribution in [1.82, 2.24) is 14.1 Å². The first-order valence-electron chi connectivity index (χ1n) is 7.65. The van der Waals surface area contributed by atoms with Crippen molar-refractivity contribution in [2.45, 2.75) is 37.6 Å². The molecule has 0 saturated carbocycles. The number of aryl methyl sites for hydroxylation is 2. The minimum Gasteiger partial charge on any atom is -0.271 e. The van der Waals surface area contributed by atoms with Crippen LogP contribution in [0.5, 0.6) is 0 Å². The molecule has 0 aliphatic carbocycles. The molecule has 0 amide bonds. The van der Waals surface area contributed by atoms with Crippen LogP contribution in [0.2, 0.25) is 5.02 Å². The number of hydrogen-bond donors (Lipinski definition) is 0. The Morgan fingerprint density at radius 2 is 1.92 bits per heavy atom. The molecular formula is C16H18ClN3O3S. The highest BCUT2D eigenvalue weighted by molar-refractivity contribution is 7.89. The molecule has 6 nitrogen and oxygen atoms in total. The second-order valence-electron chi connectivity index (χ2n) is 5.90. The zero-order valence-corrected chi connectivity index (χ0v) is 15.0. The van der Waals surface area contributed by atoms with Crippen molar-refractivity contribution < 1.29 is 13.2 Å². The summed E-state index contributed by atoms with van der Waals surface area (Å²) in [6.45, 7) is 3.90. The van der Waals surface area contributed by atoms with E-state index in [2.05, 4.69) is 5.10 Å². The van der Waals surface area contributed by atoms with Gasteiger partial charge < -0.3 is 0 Å². The van der Waals surface area contributed by atoms with Crippen molar-refractivity contribution in [3.63, 3.8) is 0 Å². The van der Waals surface area contributed by atoms with E-state index >= 15 is 0 Å². The quantitative estimate of drug-likeness (QED) is 0.836. The highest BCUT2D eigenvalue weighted by atomic mass is 35.5. The maximum atomic E-state index is 12.9. The number of aromatic nitrogens is 2. The molecule has 2 heterocycles. The summed E-state index contributed by atoms with van der Waals surface area (Å²) in [4.78, 5) is 12.9. The lowest BCUT2D eigenvalue weighted by atomic mass is 10.2. The fourth-order valence-corrected chi connectivity index (χ4v) is 4.79. The molecule has 1 saturated heterocycles. The first-order valence-corrected chi connectivity index (χ1v) is 9.47. The van der Waals surface area contributed by atoms with Crippen LogP contribution in [0, 0.1) is 13.8 Å². The Morgan fingerprint density at radius 1 is 1.25 bits per heavy atom. The van der Waals surface area contributed by atoms with E-state index in [0.29, 0.717) is 30.1 Å². The number of carbonyl (C=O) groups is 1. The van der Waals surface area contributed by atoms with Crippen LogP contribution in [-0.4, -0.2) is 41.0 Å². The molecule has 0 spiro atoms. The van der Waals surface area contributed by atoms with Gasteiger partial charge in [0.25, 0.3) is 5.91 Å². The number of hydrogen-bond acceptors (Lipinski definition) is 4. The molecule has 128 valence electrons. The molecule has 0 N–H and O–H groups in total. The Balaban J connectivity index is 1.94. The molecule has 1 aliphatic heterocycles. The van der Waals surface area contributed by atoms with Crippen LogP contribution in [0.15, 0.2) is 35.2 Å². The molecule has 1 fully saturated rings. The van der Waals surface area contributed by atoms with E-state index in [1.54, 1.807) is 19.9 Å². The van der Waals surface area contributed by atoms with Crippen LogP contribution in [0.25, 0.3) is 0 Å². The van der Waals surface area contributed by atoms with E-state index in [9.17, 15) is 13.2 Å². The zero-order valence-electron chi connectivity index (χ0n) is 13.4. The third-order valence-electron chi connectivity index (χ3n) is 4.13. The fourth-order valence-electron chi connectivity index (χ4n) is 3.01. The normalized spacial score (nSPS) is 18.9. The first-order chi connectivity index (χ1) is 11.3. The number of rotatable bonds is 3. The Labute approximate surface area is 146 Å². The molecule has 1 aliphatic rings. The average molecular weight is 368 g/mol.